The number of nitrogens with zero attached hydrogens (tertiary/aromatic N) is 3. The molecule has 1 aromatic carbocycles. The lowest BCUT2D eigenvalue weighted by Crippen LogP contribution is -2.33. The minimum absolute atomic E-state index is 0.117. The number of likely N-dealkylation sites (tertiary alicyclic amines) is 1. The molecule has 1 aliphatic heterocycles. The number of hydrogen-bond acceptors (Lipinski definition) is 4. The molecule has 128 valence electrons. The van der Waals surface area contributed by atoms with E-state index in [1.54, 1.807) is 41.0 Å². The van der Waals surface area contributed by atoms with Crippen molar-refractivity contribution in [2.45, 2.75) is 25.0 Å². The zero-order valence-corrected chi connectivity index (χ0v) is 13.4. The van der Waals surface area contributed by atoms with Crippen LogP contribution in [0, 0.1) is 5.82 Å². The van der Waals surface area contributed by atoms with Crippen LogP contribution in [0.3, 0.4) is 0 Å². The Bertz CT molecular complexity index is 719. The molecule has 1 aliphatic rings. The lowest BCUT2D eigenvalue weighted by Gasteiger charge is -2.21. The molecule has 0 aliphatic carbocycles. The molecule has 2 aromatic rings. The lowest BCUT2D eigenvalue weighted by atomic mass is 10.1. The monoisotopic (exact) mass is 333 g/mol. The lowest BCUT2D eigenvalue weighted by molar-refractivity contribution is 0.0328. The maximum atomic E-state index is 13.7. The van der Waals surface area contributed by atoms with Crippen LogP contribution in [-0.4, -0.2) is 51.0 Å². The number of hydrogen-bond donors (Lipinski definition) is 1. The summed E-state index contributed by atoms with van der Waals surface area (Å²) < 4.78 is 20.9. The minimum Gasteiger partial charge on any atom is -0.485 e. The third-order valence-electron chi connectivity index (χ3n) is 4.14. The summed E-state index contributed by atoms with van der Waals surface area (Å²) in [6, 6.07) is 7.77. The molecule has 2 atom stereocenters. The van der Waals surface area contributed by atoms with Crippen LogP contribution < -0.4 is 4.74 Å². The number of ether oxygens (including phenoxy) is 1. The molecule has 1 aromatic heterocycles. The Labute approximate surface area is 139 Å². The summed E-state index contributed by atoms with van der Waals surface area (Å²) in [5, 5.41) is 14.4. The number of aryl methyl sites for hydroxylation is 1. The first-order chi connectivity index (χ1) is 11.5. The highest BCUT2D eigenvalue weighted by atomic mass is 19.1. The van der Waals surface area contributed by atoms with Crippen molar-refractivity contribution in [1.29, 1.82) is 0 Å². The number of rotatable bonds is 3. The van der Waals surface area contributed by atoms with Crippen molar-refractivity contribution in [3.05, 3.63) is 48.0 Å². The van der Waals surface area contributed by atoms with Crippen molar-refractivity contribution in [3.63, 3.8) is 0 Å². The quantitative estimate of drug-likeness (QED) is 0.926. The summed E-state index contributed by atoms with van der Waals surface area (Å²) in [7, 11) is 1.75. The van der Waals surface area contributed by atoms with Crippen LogP contribution in [0.25, 0.3) is 0 Å². The summed E-state index contributed by atoms with van der Waals surface area (Å²) in [4.78, 5) is 14.1. The number of aliphatic hydroxyl groups is 1. The summed E-state index contributed by atoms with van der Waals surface area (Å²) >= 11 is 0. The fraction of sp³-hybridized carbons (Fsp3) is 0.412. The van der Waals surface area contributed by atoms with E-state index in [1.165, 1.54) is 12.1 Å². The normalized spacial score (nSPS) is 21.4. The third kappa shape index (κ3) is 3.56. The molecule has 2 heterocycles. The van der Waals surface area contributed by atoms with Crippen LogP contribution in [0.15, 0.2) is 36.5 Å². The molecule has 6 nitrogen and oxygen atoms in total. The van der Waals surface area contributed by atoms with Gasteiger partial charge in [0.2, 0.25) is 0 Å². The van der Waals surface area contributed by atoms with Gasteiger partial charge in [-0.1, -0.05) is 12.1 Å². The summed E-state index contributed by atoms with van der Waals surface area (Å²) in [5.41, 5.74) is 0.375. The molecule has 1 amide bonds. The van der Waals surface area contributed by atoms with Gasteiger partial charge in [0.25, 0.3) is 5.91 Å². The van der Waals surface area contributed by atoms with Crippen molar-refractivity contribution in [1.82, 2.24) is 14.7 Å². The topological polar surface area (TPSA) is 67.6 Å². The minimum atomic E-state index is -0.758. The average molecular weight is 333 g/mol. The van der Waals surface area contributed by atoms with Crippen LogP contribution in [0.4, 0.5) is 4.39 Å². The highest BCUT2D eigenvalue weighted by molar-refractivity contribution is 5.92. The second-order valence-corrected chi connectivity index (χ2v) is 5.90. The number of aromatic nitrogens is 2. The molecule has 24 heavy (non-hydrogen) atoms. The molecule has 1 saturated heterocycles. The van der Waals surface area contributed by atoms with Crippen LogP contribution in [0.2, 0.25) is 0 Å². The van der Waals surface area contributed by atoms with Crippen molar-refractivity contribution in [2.24, 2.45) is 7.05 Å². The molecule has 0 unspecified atom stereocenters. The van der Waals surface area contributed by atoms with Crippen molar-refractivity contribution in [2.75, 3.05) is 13.1 Å². The predicted molar refractivity (Wildman–Crippen MR) is 85.2 cm³/mol. The zero-order valence-electron chi connectivity index (χ0n) is 13.4. The highest BCUT2D eigenvalue weighted by Crippen LogP contribution is 2.22. The van der Waals surface area contributed by atoms with Gasteiger partial charge in [0.15, 0.2) is 11.6 Å². The summed E-state index contributed by atoms with van der Waals surface area (Å²) in [5.74, 6) is -0.518. The standard InChI is InChI=1S/C17H20FN3O3/c1-20-9-6-13(19-20)17(23)21-10-7-14(22)16(8-11-21)24-15-5-3-2-4-12(15)18/h2-6,9,14,16,22H,7-8,10-11H2,1H3/t14-,16-/m0/s1. The summed E-state index contributed by atoms with van der Waals surface area (Å²) in [6.45, 7) is 0.833. The molecule has 1 fully saturated rings. The Kier molecular flexibility index (Phi) is 4.80. The Morgan fingerprint density at radius 1 is 1.29 bits per heavy atom. The number of amides is 1. The van der Waals surface area contributed by atoms with E-state index in [4.69, 9.17) is 4.74 Å². The Hall–Kier alpha value is -2.41. The average Bonchev–Trinajstić information content (AvgIpc) is 2.92. The van der Waals surface area contributed by atoms with Gasteiger partial charge in [0.05, 0.1) is 6.10 Å². The fourth-order valence-corrected chi connectivity index (χ4v) is 2.80. The molecular formula is C17H20FN3O3. The second kappa shape index (κ2) is 7.00. The van der Waals surface area contributed by atoms with Crippen molar-refractivity contribution >= 4 is 5.91 Å². The number of aliphatic hydroxyl groups excluding tert-OH is 1. The molecule has 0 radical (unpaired) electrons. The Balaban J connectivity index is 1.67. The Morgan fingerprint density at radius 3 is 2.75 bits per heavy atom. The molecule has 7 heteroatoms. The summed E-state index contributed by atoms with van der Waals surface area (Å²) in [6.07, 6.45) is 1.20. The first-order valence-electron chi connectivity index (χ1n) is 7.93. The van der Waals surface area contributed by atoms with E-state index in [1.807, 2.05) is 0 Å². The fourth-order valence-electron chi connectivity index (χ4n) is 2.80. The second-order valence-electron chi connectivity index (χ2n) is 5.90. The molecule has 0 bridgehead atoms. The maximum absolute atomic E-state index is 13.7. The van der Waals surface area contributed by atoms with Gasteiger partial charge in [-0.25, -0.2) is 4.39 Å². The van der Waals surface area contributed by atoms with Gasteiger partial charge in [-0.3, -0.25) is 9.48 Å². The SMILES string of the molecule is Cn1ccc(C(=O)N2CC[C@H](Oc3ccccc3F)[C@@H](O)CC2)n1. The van der Waals surface area contributed by atoms with E-state index in [9.17, 15) is 14.3 Å². The van der Waals surface area contributed by atoms with Gasteiger partial charge in [-0.15, -0.1) is 0 Å². The van der Waals surface area contributed by atoms with Gasteiger partial charge < -0.3 is 14.7 Å². The number of carbonyl (C=O) groups excluding carboxylic acids is 1. The van der Waals surface area contributed by atoms with Gasteiger partial charge >= 0.3 is 0 Å². The van der Waals surface area contributed by atoms with E-state index >= 15 is 0 Å². The van der Waals surface area contributed by atoms with Crippen LogP contribution in [0.5, 0.6) is 5.75 Å². The molecule has 0 saturated carbocycles. The predicted octanol–water partition coefficient (Wildman–Crippen LogP) is 1.60. The van der Waals surface area contributed by atoms with Gasteiger partial charge in [0.1, 0.15) is 11.8 Å². The third-order valence-corrected chi connectivity index (χ3v) is 4.14. The highest BCUT2D eigenvalue weighted by Gasteiger charge is 2.29. The number of para-hydroxylation sites is 1. The smallest absolute Gasteiger partial charge is 0.274 e. The van der Waals surface area contributed by atoms with Crippen LogP contribution in [0.1, 0.15) is 23.3 Å². The molecule has 3 rings (SSSR count). The first kappa shape index (κ1) is 16.4. The van der Waals surface area contributed by atoms with Gasteiger partial charge in [-0.2, -0.15) is 5.10 Å². The Morgan fingerprint density at radius 2 is 2.04 bits per heavy atom. The number of carbonyl (C=O) groups is 1. The molecule has 0 spiro atoms. The van der Waals surface area contributed by atoms with Crippen LogP contribution >= 0.6 is 0 Å². The van der Waals surface area contributed by atoms with Gasteiger partial charge in [-0.05, 0) is 24.6 Å². The maximum Gasteiger partial charge on any atom is 0.274 e. The van der Waals surface area contributed by atoms with E-state index in [0.717, 1.165) is 0 Å². The molecule has 1 N–H and O–H groups in total. The van der Waals surface area contributed by atoms with E-state index in [0.29, 0.717) is 31.6 Å². The first-order valence-corrected chi connectivity index (χ1v) is 7.93. The molecular weight excluding hydrogens is 313 g/mol. The number of benzene rings is 1. The van der Waals surface area contributed by atoms with Gasteiger partial charge in [0, 0.05) is 32.8 Å². The van der Waals surface area contributed by atoms with E-state index in [2.05, 4.69) is 5.10 Å². The number of halogens is 1. The largest absolute Gasteiger partial charge is 0.485 e. The van der Waals surface area contributed by atoms with Crippen molar-refractivity contribution < 1.29 is 19.0 Å². The van der Waals surface area contributed by atoms with Crippen molar-refractivity contribution in [3.8, 4) is 5.75 Å². The van der Waals surface area contributed by atoms with E-state index in [-0.39, 0.29) is 11.7 Å². The zero-order chi connectivity index (χ0) is 17.1. The van der Waals surface area contributed by atoms with E-state index < -0.39 is 18.0 Å². The van der Waals surface area contributed by atoms with Crippen LogP contribution in [-0.2, 0) is 7.05 Å².